The number of anilines is 2. The van der Waals surface area contributed by atoms with Crippen molar-refractivity contribution >= 4 is 34.0 Å². The zero-order valence-electron chi connectivity index (χ0n) is 15.4. The Morgan fingerprint density at radius 1 is 1.22 bits per heavy atom. The number of benzene rings is 1. The minimum Gasteiger partial charge on any atom is -0.493 e. The molecular formula is C18H21N3O5S. The molecule has 2 amide bonds. The Morgan fingerprint density at radius 2 is 1.93 bits per heavy atom. The lowest BCUT2D eigenvalue weighted by Gasteiger charge is -2.14. The van der Waals surface area contributed by atoms with Crippen molar-refractivity contribution in [2.75, 3.05) is 38.1 Å². The van der Waals surface area contributed by atoms with Gasteiger partial charge in [0.05, 0.1) is 33.4 Å². The maximum Gasteiger partial charge on any atom is 0.230 e. The molecule has 1 aromatic heterocycles. The first-order valence-electron chi connectivity index (χ1n) is 8.40. The van der Waals surface area contributed by atoms with E-state index in [1.807, 2.05) is 0 Å². The van der Waals surface area contributed by atoms with E-state index in [0.29, 0.717) is 46.7 Å². The monoisotopic (exact) mass is 391 g/mol. The van der Waals surface area contributed by atoms with E-state index in [-0.39, 0.29) is 18.2 Å². The van der Waals surface area contributed by atoms with Crippen LogP contribution in [-0.4, -0.2) is 44.7 Å². The molecule has 2 heterocycles. The second kappa shape index (κ2) is 8.26. The number of nitrogens with one attached hydrogen (secondary N) is 1. The number of methoxy groups -OCH3 is 3. The van der Waals surface area contributed by atoms with Crippen LogP contribution in [0.5, 0.6) is 17.2 Å². The fraction of sp³-hybridized carbons (Fsp3) is 0.389. The summed E-state index contributed by atoms with van der Waals surface area (Å²) >= 11 is 1.37. The predicted octanol–water partition coefficient (Wildman–Crippen LogP) is 2.48. The van der Waals surface area contributed by atoms with Gasteiger partial charge in [0.1, 0.15) is 0 Å². The molecule has 144 valence electrons. The zero-order valence-corrected chi connectivity index (χ0v) is 16.2. The average molecular weight is 391 g/mol. The Kier molecular flexibility index (Phi) is 5.80. The molecule has 0 atom stereocenters. The molecule has 0 spiro atoms. The summed E-state index contributed by atoms with van der Waals surface area (Å²) in [5.41, 5.74) is 1.15. The molecule has 0 unspecified atom stereocenters. The molecule has 3 rings (SSSR count). The summed E-state index contributed by atoms with van der Waals surface area (Å²) in [7, 11) is 4.54. The number of thiazole rings is 1. The quantitative estimate of drug-likeness (QED) is 0.780. The highest BCUT2D eigenvalue weighted by molar-refractivity contribution is 7.14. The van der Waals surface area contributed by atoms with E-state index in [1.54, 1.807) is 22.4 Å². The van der Waals surface area contributed by atoms with Crippen LogP contribution >= 0.6 is 11.3 Å². The lowest BCUT2D eigenvalue weighted by molar-refractivity contribution is -0.117. The number of carbonyl (C=O) groups is 2. The largest absolute Gasteiger partial charge is 0.493 e. The van der Waals surface area contributed by atoms with Gasteiger partial charge in [-0.25, -0.2) is 4.98 Å². The van der Waals surface area contributed by atoms with E-state index >= 15 is 0 Å². The summed E-state index contributed by atoms with van der Waals surface area (Å²) in [4.78, 5) is 30.3. The molecule has 1 fully saturated rings. The van der Waals surface area contributed by atoms with Gasteiger partial charge in [-0.15, -0.1) is 11.3 Å². The SMILES string of the molecule is COc1cc(NC(=O)Cc2csc(N3CCCC3=O)n2)cc(OC)c1OC. The van der Waals surface area contributed by atoms with E-state index in [2.05, 4.69) is 10.3 Å². The second-order valence-corrected chi connectivity index (χ2v) is 6.75. The van der Waals surface area contributed by atoms with Gasteiger partial charge in [-0.1, -0.05) is 0 Å². The van der Waals surface area contributed by atoms with Crippen molar-refractivity contribution < 1.29 is 23.8 Å². The molecule has 8 nitrogen and oxygen atoms in total. The third-order valence-corrected chi connectivity index (χ3v) is 5.05. The first-order valence-corrected chi connectivity index (χ1v) is 9.28. The first kappa shape index (κ1) is 19.0. The van der Waals surface area contributed by atoms with Gasteiger partial charge < -0.3 is 19.5 Å². The van der Waals surface area contributed by atoms with Gasteiger partial charge in [0.15, 0.2) is 16.6 Å². The normalized spacial score (nSPS) is 13.6. The van der Waals surface area contributed by atoms with E-state index < -0.39 is 0 Å². The summed E-state index contributed by atoms with van der Waals surface area (Å²) in [6.45, 7) is 0.684. The topological polar surface area (TPSA) is 90.0 Å². The van der Waals surface area contributed by atoms with Gasteiger partial charge in [0.2, 0.25) is 17.6 Å². The second-order valence-electron chi connectivity index (χ2n) is 5.91. The lowest BCUT2D eigenvalue weighted by atomic mass is 10.2. The number of hydrogen-bond donors (Lipinski definition) is 1. The van der Waals surface area contributed by atoms with Crippen LogP contribution in [0.3, 0.4) is 0 Å². The molecule has 1 aliphatic rings. The molecule has 0 radical (unpaired) electrons. The first-order chi connectivity index (χ1) is 13.0. The van der Waals surface area contributed by atoms with Crippen molar-refractivity contribution in [3.05, 3.63) is 23.2 Å². The fourth-order valence-electron chi connectivity index (χ4n) is 2.87. The zero-order chi connectivity index (χ0) is 19.4. The Morgan fingerprint density at radius 3 is 2.48 bits per heavy atom. The van der Waals surface area contributed by atoms with Gasteiger partial charge >= 0.3 is 0 Å². The Labute approximate surface area is 161 Å². The molecule has 9 heteroatoms. The molecule has 1 saturated heterocycles. The van der Waals surface area contributed by atoms with Crippen molar-refractivity contribution in [3.63, 3.8) is 0 Å². The van der Waals surface area contributed by atoms with Gasteiger partial charge in [-0.05, 0) is 6.42 Å². The average Bonchev–Trinajstić information content (AvgIpc) is 3.29. The highest BCUT2D eigenvalue weighted by Crippen LogP contribution is 2.40. The number of carbonyl (C=O) groups excluding carboxylic acids is 2. The molecule has 1 aromatic carbocycles. The Balaban J connectivity index is 1.69. The molecule has 1 N–H and O–H groups in total. The van der Waals surface area contributed by atoms with Crippen molar-refractivity contribution in [3.8, 4) is 17.2 Å². The van der Waals surface area contributed by atoms with Gasteiger partial charge in [0, 0.05) is 36.2 Å². The molecular weight excluding hydrogens is 370 g/mol. The Bertz CT molecular complexity index is 826. The highest BCUT2D eigenvalue weighted by Gasteiger charge is 2.24. The van der Waals surface area contributed by atoms with Crippen LogP contribution in [0.25, 0.3) is 0 Å². The van der Waals surface area contributed by atoms with Crippen LogP contribution in [0.4, 0.5) is 10.8 Å². The third kappa shape index (κ3) is 4.13. The van der Waals surface area contributed by atoms with Crippen molar-refractivity contribution in [1.29, 1.82) is 0 Å². The van der Waals surface area contributed by atoms with Crippen LogP contribution in [0.1, 0.15) is 18.5 Å². The molecule has 2 aromatic rings. The van der Waals surface area contributed by atoms with Crippen LogP contribution in [-0.2, 0) is 16.0 Å². The standard InChI is InChI=1S/C18H21N3O5S/c1-24-13-7-11(8-14(25-2)17(13)26-3)19-15(22)9-12-10-27-18(20-12)21-6-4-5-16(21)23/h7-8,10H,4-6,9H2,1-3H3,(H,19,22). The minimum atomic E-state index is -0.228. The molecule has 1 aliphatic heterocycles. The minimum absolute atomic E-state index is 0.0813. The van der Waals surface area contributed by atoms with Crippen LogP contribution in [0, 0.1) is 0 Å². The smallest absolute Gasteiger partial charge is 0.230 e. The van der Waals surface area contributed by atoms with Crippen molar-refractivity contribution in [2.45, 2.75) is 19.3 Å². The number of rotatable bonds is 7. The van der Waals surface area contributed by atoms with Crippen molar-refractivity contribution in [2.24, 2.45) is 0 Å². The number of aromatic nitrogens is 1. The molecule has 0 bridgehead atoms. The van der Waals surface area contributed by atoms with Gasteiger partial charge in [0.25, 0.3) is 0 Å². The molecule has 0 aliphatic carbocycles. The maximum atomic E-state index is 12.4. The summed E-state index contributed by atoms with van der Waals surface area (Å²) in [5, 5.41) is 5.26. The summed E-state index contributed by atoms with van der Waals surface area (Å²) in [6.07, 6.45) is 1.50. The lowest BCUT2D eigenvalue weighted by Crippen LogP contribution is -2.23. The number of amides is 2. The van der Waals surface area contributed by atoms with Crippen LogP contribution < -0.4 is 24.4 Å². The number of hydrogen-bond acceptors (Lipinski definition) is 7. The van der Waals surface area contributed by atoms with Gasteiger partial charge in [-0.2, -0.15) is 0 Å². The third-order valence-electron chi connectivity index (χ3n) is 4.13. The van der Waals surface area contributed by atoms with Gasteiger partial charge in [-0.3, -0.25) is 14.5 Å². The van der Waals surface area contributed by atoms with Crippen molar-refractivity contribution in [1.82, 2.24) is 4.98 Å². The molecule has 0 saturated carbocycles. The van der Waals surface area contributed by atoms with E-state index in [1.165, 1.54) is 32.7 Å². The molecule has 27 heavy (non-hydrogen) atoms. The number of ether oxygens (including phenoxy) is 3. The fourth-order valence-corrected chi connectivity index (χ4v) is 3.74. The van der Waals surface area contributed by atoms with E-state index in [0.717, 1.165) is 6.42 Å². The number of nitrogens with zero attached hydrogens (tertiary/aromatic N) is 2. The Hall–Kier alpha value is -2.81. The maximum absolute atomic E-state index is 12.4. The van der Waals surface area contributed by atoms with E-state index in [9.17, 15) is 9.59 Å². The predicted molar refractivity (Wildman–Crippen MR) is 102 cm³/mol. The summed E-state index contributed by atoms with van der Waals surface area (Å²) in [6, 6.07) is 3.32. The van der Waals surface area contributed by atoms with E-state index in [4.69, 9.17) is 14.2 Å². The van der Waals surface area contributed by atoms with Crippen LogP contribution in [0.15, 0.2) is 17.5 Å². The highest BCUT2D eigenvalue weighted by atomic mass is 32.1. The summed E-state index contributed by atoms with van der Waals surface area (Å²) < 4.78 is 15.8. The summed E-state index contributed by atoms with van der Waals surface area (Å²) in [5.74, 6) is 1.22. The van der Waals surface area contributed by atoms with Crippen LogP contribution in [0.2, 0.25) is 0 Å².